The lowest BCUT2D eigenvalue weighted by Crippen LogP contribution is -2.53. The summed E-state index contributed by atoms with van der Waals surface area (Å²) in [5.41, 5.74) is -0.124. The lowest BCUT2D eigenvalue weighted by Gasteiger charge is -2.25. The number of benzene rings is 2. The molecule has 0 bridgehead atoms. The molecule has 1 aromatic heterocycles. The molecule has 3 rings (SSSR count). The molecule has 0 aliphatic rings. The number of aryl methyl sites for hydroxylation is 1. The number of likely N-dealkylation sites (N-methyl/N-ethyl adjacent to an activating group) is 1. The average molecular weight is 502 g/mol. The molecule has 14 heteroatoms. The van der Waals surface area contributed by atoms with E-state index in [1.165, 1.54) is 29.2 Å². The van der Waals surface area contributed by atoms with Crippen molar-refractivity contribution in [2.24, 2.45) is 5.14 Å². The highest BCUT2D eigenvalue weighted by molar-refractivity contribution is 7.87. The predicted molar refractivity (Wildman–Crippen MR) is 116 cm³/mol. The Morgan fingerprint density at radius 2 is 1.82 bits per heavy atom. The number of aromatic nitrogens is 1. The van der Waals surface area contributed by atoms with Crippen molar-refractivity contribution in [3.63, 3.8) is 0 Å². The number of hydrogen-bond donors (Lipinski definition) is 3. The third-order valence-electron chi connectivity index (χ3n) is 4.48. The normalized spacial score (nSPS) is 12.4. The Labute approximate surface area is 190 Å². The van der Waals surface area contributed by atoms with E-state index < -0.39 is 52.1 Å². The number of halogens is 3. The van der Waals surface area contributed by atoms with Crippen LogP contribution in [0.5, 0.6) is 0 Å². The monoisotopic (exact) mass is 501 g/mol. The van der Waals surface area contributed by atoms with E-state index in [1.54, 1.807) is 13.0 Å². The molecule has 1 unspecified atom stereocenters. The zero-order valence-corrected chi connectivity index (χ0v) is 18.9. The van der Waals surface area contributed by atoms with Gasteiger partial charge in [-0.3, -0.25) is 4.79 Å². The van der Waals surface area contributed by atoms with Crippen molar-refractivity contribution in [3.05, 3.63) is 58.4 Å². The fourth-order valence-electron chi connectivity index (χ4n) is 3.16. The maximum absolute atomic E-state index is 15.0. The summed E-state index contributed by atoms with van der Waals surface area (Å²) in [6.07, 6.45) is -0.435. The van der Waals surface area contributed by atoms with Gasteiger partial charge in [-0.25, -0.2) is 32.8 Å². The number of nitrogens with zero attached hydrogens (tertiary/aromatic N) is 2. The van der Waals surface area contributed by atoms with E-state index in [1.807, 2.05) is 0 Å². The predicted octanol–water partition coefficient (Wildman–Crippen LogP) is 2.10. The van der Waals surface area contributed by atoms with Gasteiger partial charge in [-0.1, -0.05) is 0 Å². The van der Waals surface area contributed by atoms with Gasteiger partial charge in [0.1, 0.15) is 23.2 Å². The number of anilines is 1. The Morgan fingerprint density at radius 1 is 1.18 bits per heavy atom. The van der Waals surface area contributed by atoms with Gasteiger partial charge in [0.2, 0.25) is 5.91 Å². The van der Waals surface area contributed by atoms with Crippen LogP contribution in [-0.4, -0.2) is 38.4 Å². The van der Waals surface area contributed by atoms with E-state index in [0.29, 0.717) is 15.8 Å². The van der Waals surface area contributed by atoms with Crippen molar-refractivity contribution < 1.29 is 31.2 Å². The van der Waals surface area contributed by atoms with Gasteiger partial charge in [0.15, 0.2) is 5.82 Å². The van der Waals surface area contributed by atoms with Crippen LogP contribution in [0.25, 0.3) is 10.2 Å². The molecule has 33 heavy (non-hydrogen) atoms. The van der Waals surface area contributed by atoms with Gasteiger partial charge in [-0.05, 0) is 36.8 Å². The van der Waals surface area contributed by atoms with Crippen LogP contribution in [0.1, 0.15) is 10.6 Å². The minimum absolute atomic E-state index is 0.0128. The first-order valence-electron chi connectivity index (χ1n) is 9.23. The molecule has 0 fully saturated rings. The van der Waals surface area contributed by atoms with Crippen LogP contribution in [0.2, 0.25) is 0 Å². The highest BCUT2D eigenvalue weighted by atomic mass is 32.2. The van der Waals surface area contributed by atoms with Crippen LogP contribution < -0.4 is 20.1 Å². The van der Waals surface area contributed by atoms with Crippen molar-refractivity contribution in [2.75, 3.05) is 11.9 Å². The number of nitrogens with one attached hydrogen (secondary N) is 2. The summed E-state index contributed by atoms with van der Waals surface area (Å²) in [4.78, 5) is 30.1. The summed E-state index contributed by atoms with van der Waals surface area (Å²) >= 11 is 1.26. The highest BCUT2D eigenvalue weighted by Crippen LogP contribution is 2.30. The molecule has 0 saturated heterocycles. The zero-order chi connectivity index (χ0) is 24.5. The van der Waals surface area contributed by atoms with Crippen molar-refractivity contribution in [2.45, 2.75) is 19.4 Å². The number of nitrogens with two attached hydrogens (primary N) is 1. The summed E-state index contributed by atoms with van der Waals surface area (Å²) in [6, 6.07) is 2.52. The molecule has 4 N–H and O–H groups in total. The Bertz CT molecular complexity index is 1330. The van der Waals surface area contributed by atoms with Gasteiger partial charge in [-0.2, -0.15) is 8.42 Å². The number of fused-ring (bicyclic) bond motifs is 1. The van der Waals surface area contributed by atoms with E-state index in [-0.39, 0.29) is 16.8 Å². The molecule has 176 valence electrons. The van der Waals surface area contributed by atoms with E-state index in [2.05, 4.69) is 10.3 Å². The van der Waals surface area contributed by atoms with Crippen LogP contribution in [0.15, 0.2) is 30.3 Å². The van der Waals surface area contributed by atoms with Gasteiger partial charge < -0.3 is 10.2 Å². The summed E-state index contributed by atoms with van der Waals surface area (Å²) < 4.78 is 66.5. The molecular formula is C19H18F3N5O4S2. The van der Waals surface area contributed by atoms with E-state index >= 15 is 4.39 Å². The quantitative estimate of drug-likeness (QED) is 0.476. The first-order valence-corrected chi connectivity index (χ1v) is 11.6. The largest absolute Gasteiger partial charge is 0.330 e. The Morgan fingerprint density at radius 3 is 2.42 bits per heavy atom. The van der Waals surface area contributed by atoms with Gasteiger partial charge in [0.05, 0.1) is 15.4 Å². The second-order valence-electron chi connectivity index (χ2n) is 7.03. The minimum atomic E-state index is -4.46. The van der Waals surface area contributed by atoms with E-state index in [9.17, 15) is 26.8 Å². The number of amides is 3. The fraction of sp³-hybridized carbons (Fsp3) is 0.211. The van der Waals surface area contributed by atoms with Crippen molar-refractivity contribution >= 4 is 49.4 Å². The Hall–Kier alpha value is -3.23. The van der Waals surface area contributed by atoms with Crippen LogP contribution in [0.3, 0.4) is 0 Å². The number of urea groups is 1. The third kappa shape index (κ3) is 5.97. The molecule has 3 amide bonds. The fourth-order valence-corrected chi connectivity index (χ4v) is 4.30. The highest BCUT2D eigenvalue weighted by Gasteiger charge is 2.28. The third-order valence-corrected chi connectivity index (χ3v) is 5.88. The number of thiazole rings is 1. The molecule has 3 aromatic rings. The molecule has 0 aliphatic carbocycles. The second-order valence-corrected chi connectivity index (χ2v) is 9.56. The number of carbonyl (C=O) groups excluding carboxylic acids is 2. The maximum atomic E-state index is 15.0. The molecule has 0 aliphatic heterocycles. The molecule has 0 spiro atoms. The number of rotatable bonds is 6. The number of hydrogen-bond acceptors (Lipinski definition) is 6. The first-order chi connectivity index (χ1) is 15.3. The topological polar surface area (TPSA) is 134 Å². The molecule has 0 radical (unpaired) electrons. The van der Waals surface area contributed by atoms with Crippen LogP contribution in [0.4, 0.5) is 23.7 Å². The van der Waals surface area contributed by atoms with Crippen molar-refractivity contribution in [1.82, 2.24) is 15.0 Å². The van der Waals surface area contributed by atoms with E-state index in [0.717, 1.165) is 17.0 Å². The van der Waals surface area contributed by atoms with Gasteiger partial charge >= 0.3 is 6.03 Å². The Kier molecular flexibility index (Phi) is 6.90. The van der Waals surface area contributed by atoms with Crippen LogP contribution in [-0.2, 0) is 21.4 Å². The molecule has 1 heterocycles. The SMILES string of the molecule is Cc1nc2c(F)c(N(C)C(=O)C(Cc3cc(F)cc(F)c3)NC(=O)NS(N)(=O)=O)ccc2s1. The van der Waals surface area contributed by atoms with Crippen molar-refractivity contribution in [1.29, 1.82) is 0 Å². The minimum Gasteiger partial charge on any atom is -0.325 e. The summed E-state index contributed by atoms with van der Waals surface area (Å²) in [5, 5.41) is 7.46. The molecule has 1 atom stereocenters. The van der Waals surface area contributed by atoms with Crippen LogP contribution >= 0.6 is 11.3 Å². The molecule has 2 aromatic carbocycles. The zero-order valence-electron chi connectivity index (χ0n) is 17.2. The molecular weight excluding hydrogens is 483 g/mol. The van der Waals surface area contributed by atoms with Crippen LogP contribution in [0, 0.1) is 24.4 Å². The standard InChI is InChI=1S/C19H18F3N5O4S2/c1-9-24-17-15(32-9)4-3-14(16(17)22)27(2)18(28)13(25-19(29)26-33(23,30)31)7-10-5-11(20)8-12(21)6-10/h3-6,8,13H,7H2,1-2H3,(H2,23,30,31)(H2,25,26,29). The first kappa shape index (κ1) is 24.4. The summed E-state index contributed by atoms with van der Waals surface area (Å²) in [7, 11) is -3.23. The van der Waals surface area contributed by atoms with Crippen molar-refractivity contribution in [3.8, 4) is 0 Å². The molecule has 9 nitrogen and oxygen atoms in total. The lowest BCUT2D eigenvalue weighted by atomic mass is 10.0. The van der Waals surface area contributed by atoms with Gasteiger partial charge in [-0.15, -0.1) is 11.3 Å². The maximum Gasteiger partial charge on any atom is 0.330 e. The summed E-state index contributed by atoms with van der Waals surface area (Å²) in [6.45, 7) is 1.70. The Balaban J connectivity index is 1.94. The van der Waals surface area contributed by atoms with Gasteiger partial charge in [0, 0.05) is 19.5 Å². The lowest BCUT2D eigenvalue weighted by molar-refractivity contribution is -0.120. The van der Waals surface area contributed by atoms with E-state index in [4.69, 9.17) is 5.14 Å². The molecule has 0 saturated carbocycles. The number of carbonyl (C=O) groups is 2. The smallest absolute Gasteiger partial charge is 0.325 e. The van der Waals surface area contributed by atoms with Gasteiger partial charge in [0.25, 0.3) is 10.2 Å². The average Bonchev–Trinajstić information content (AvgIpc) is 3.06. The second kappa shape index (κ2) is 9.33. The summed E-state index contributed by atoms with van der Waals surface area (Å²) in [5.74, 6) is -3.52.